The van der Waals surface area contributed by atoms with E-state index in [0.717, 1.165) is 5.69 Å². The van der Waals surface area contributed by atoms with Crippen LogP contribution in [0.25, 0.3) is 0 Å². The molecule has 2 N–H and O–H groups in total. The monoisotopic (exact) mass is 473 g/mol. The molecule has 0 bridgehead atoms. The van der Waals surface area contributed by atoms with Crippen LogP contribution in [0.15, 0.2) is 84.9 Å². The topological polar surface area (TPSA) is 97.0 Å². The van der Waals surface area contributed by atoms with E-state index in [-0.39, 0.29) is 31.4 Å². The first-order valence-corrected chi connectivity index (χ1v) is 11.4. The molecule has 180 valence electrons. The molecule has 1 unspecified atom stereocenters. The van der Waals surface area contributed by atoms with Gasteiger partial charge in [-0.05, 0) is 36.4 Å². The molecule has 3 aromatic rings. The maximum absolute atomic E-state index is 13.5. The van der Waals surface area contributed by atoms with E-state index in [1.807, 2.05) is 66.7 Å². The maximum Gasteiger partial charge on any atom is 0.308 e. The summed E-state index contributed by atoms with van der Waals surface area (Å²) in [6, 6.07) is 24.8. The smallest absolute Gasteiger partial charge is 0.308 e. The Bertz CT molecular complexity index is 1150. The molecule has 0 aromatic heterocycles. The van der Waals surface area contributed by atoms with Crippen molar-refractivity contribution in [2.75, 3.05) is 31.6 Å². The molecule has 3 aromatic carbocycles. The Morgan fingerprint density at radius 1 is 0.914 bits per heavy atom. The van der Waals surface area contributed by atoms with E-state index in [4.69, 9.17) is 9.47 Å². The number of anilines is 2. The third kappa shape index (κ3) is 6.38. The van der Waals surface area contributed by atoms with Crippen LogP contribution in [0, 0.1) is 0 Å². The molecule has 1 saturated heterocycles. The largest absolute Gasteiger partial charge is 0.490 e. The Labute approximate surface area is 203 Å². The predicted octanol–water partition coefficient (Wildman–Crippen LogP) is 3.38. The lowest BCUT2D eigenvalue weighted by molar-refractivity contribution is -0.148. The van der Waals surface area contributed by atoms with Crippen LogP contribution in [-0.2, 0) is 14.3 Å². The SMILES string of the molecule is O=C(CC1C(=O)NCCN1C(=O)c1ccccc1Nc1ccccc1)OCCOc1ccccc1. The molecule has 0 aliphatic carbocycles. The first-order chi connectivity index (χ1) is 17.1. The highest BCUT2D eigenvalue weighted by Gasteiger charge is 2.36. The number of para-hydroxylation sites is 3. The van der Waals surface area contributed by atoms with E-state index < -0.39 is 12.0 Å². The quantitative estimate of drug-likeness (QED) is 0.365. The zero-order valence-corrected chi connectivity index (χ0v) is 19.2. The van der Waals surface area contributed by atoms with Crippen LogP contribution < -0.4 is 15.4 Å². The highest BCUT2D eigenvalue weighted by molar-refractivity contribution is 6.03. The van der Waals surface area contributed by atoms with Crippen molar-refractivity contribution in [1.82, 2.24) is 10.2 Å². The number of esters is 1. The van der Waals surface area contributed by atoms with E-state index in [1.54, 1.807) is 18.2 Å². The summed E-state index contributed by atoms with van der Waals surface area (Å²) in [4.78, 5) is 40.0. The fourth-order valence-corrected chi connectivity index (χ4v) is 3.82. The number of hydrogen-bond donors (Lipinski definition) is 2. The molecule has 1 fully saturated rings. The molecular formula is C27H27N3O5. The number of benzene rings is 3. The van der Waals surface area contributed by atoms with Crippen molar-refractivity contribution in [3.05, 3.63) is 90.5 Å². The normalized spacial score (nSPS) is 15.1. The van der Waals surface area contributed by atoms with Crippen molar-refractivity contribution < 1.29 is 23.9 Å². The summed E-state index contributed by atoms with van der Waals surface area (Å²) < 4.78 is 10.8. The number of rotatable bonds is 9. The second kappa shape index (κ2) is 11.7. The van der Waals surface area contributed by atoms with E-state index in [1.165, 1.54) is 4.90 Å². The van der Waals surface area contributed by atoms with Crippen molar-refractivity contribution in [2.24, 2.45) is 0 Å². The minimum atomic E-state index is -0.955. The van der Waals surface area contributed by atoms with Crippen LogP contribution in [0.2, 0.25) is 0 Å². The number of hydrogen-bond acceptors (Lipinski definition) is 6. The lowest BCUT2D eigenvalue weighted by Crippen LogP contribution is -2.58. The van der Waals surface area contributed by atoms with Crippen LogP contribution in [0.5, 0.6) is 5.75 Å². The molecule has 0 spiro atoms. The van der Waals surface area contributed by atoms with Gasteiger partial charge >= 0.3 is 5.97 Å². The van der Waals surface area contributed by atoms with Crippen molar-refractivity contribution in [1.29, 1.82) is 0 Å². The zero-order valence-electron chi connectivity index (χ0n) is 19.2. The summed E-state index contributed by atoms with van der Waals surface area (Å²) in [7, 11) is 0. The fraction of sp³-hybridized carbons (Fsp3) is 0.222. The van der Waals surface area contributed by atoms with E-state index in [2.05, 4.69) is 10.6 Å². The molecule has 8 heteroatoms. The molecule has 1 aliphatic heterocycles. The van der Waals surface area contributed by atoms with Crippen LogP contribution in [-0.4, -0.2) is 55.0 Å². The second-order valence-electron chi connectivity index (χ2n) is 7.93. The number of carbonyl (C=O) groups excluding carboxylic acids is 3. The summed E-state index contributed by atoms with van der Waals surface area (Å²) in [5.74, 6) is -0.605. The van der Waals surface area contributed by atoms with E-state index in [9.17, 15) is 14.4 Å². The minimum Gasteiger partial charge on any atom is -0.490 e. The molecule has 2 amide bonds. The number of nitrogens with zero attached hydrogens (tertiary/aromatic N) is 1. The Hall–Kier alpha value is -4.33. The Kier molecular flexibility index (Phi) is 7.96. The third-order valence-corrected chi connectivity index (χ3v) is 5.52. The summed E-state index contributed by atoms with van der Waals surface area (Å²) in [6.45, 7) is 0.836. The first kappa shape index (κ1) is 23.8. The van der Waals surface area contributed by atoms with Gasteiger partial charge in [0.05, 0.1) is 17.7 Å². The summed E-state index contributed by atoms with van der Waals surface area (Å²) in [6.07, 6.45) is -0.239. The van der Waals surface area contributed by atoms with Crippen molar-refractivity contribution >= 4 is 29.2 Å². The van der Waals surface area contributed by atoms with Gasteiger partial charge in [0, 0.05) is 18.8 Å². The lowest BCUT2D eigenvalue weighted by Gasteiger charge is -2.35. The van der Waals surface area contributed by atoms with Gasteiger partial charge < -0.3 is 25.0 Å². The number of piperazine rings is 1. The van der Waals surface area contributed by atoms with Crippen molar-refractivity contribution in [2.45, 2.75) is 12.5 Å². The van der Waals surface area contributed by atoms with Crippen molar-refractivity contribution in [3.8, 4) is 5.75 Å². The highest BCUT2D eigenvalue weighted by Crippen LogP contribution is 2.24. The Balaban J connectivity index is 1.39. The minimum absolute atomic E-state index is 0.0415. The summed E-state index contributed by atoms with van der Waals surface area (Å²) >= 11 is 0. The lowest BCUT2D eigenvalue weighted by atomic mass is 10.1. The van der Waals surface area contributed by atoms with Gasteiger partial charge in [0.15, 0.2) is 0 Å². The molecule has 4 rings (SSSR count). The molecule has 0 saturated carbocycles. The van der Waals surface area contributed by atoms with Gasteiger partial charge in [-0.25, -0.2) is 0 Å². The van der Waals surface area contributed by atoms with Crippen LogP contribution in [0.3, 0.4) is 0 Å². The molecule has 8 nitrogen and oxygen atoms in total. The maximum atomic E-state index is 13.5. The van der Waals surface area contributed by atoms with Gasteiger partial charge in [-0.15, -0.1) is 0 Å². The van der Waals surface area contributed by atoms with E-state index in [0.29, 0.717) is 30.1 Å². The molecule has 35 heavy (non-hydrogen) atoms. The second-order valence-corrected chi connectivity index (χ2v) is 7.93. The summed E-state index contributed by atoms with van der Waals surface area (Å²) in [5, 5.41) is 5.99. The van der Waals surface area contributed by atoms with Gasteiger partial charge in [-0.3, -0.25) is 14.4 Å². The van der Waals surface area contributed by atoms with Gasteiger partial charge in [-0.2, -0.15) is 0 Å². The Morgan fingerprint density at radius 3 is 2.37 bits per heavy atom. The molecular weight excluding hydrogens is 446 g/mol. The molecule has 0 radical (unpaired) electrons. The standard InChI is InChI=1S/C27H27N3O5/c31-25(35-18-17-34-21-11-5-2-6-12-21)19-24-26(32)28-15-16-30(24)27(33)22-13-7-8-14-23(22)29-20-9-3-1-4-10-20/h1-14,24,29H,15-19H2,(H,28,32). The molecule has 1 atom stereocenters. The fourth-order valence-electron chi connectivity index (χ4n) is 3.82. The number of ether oxygens (including phenoxy) is 2. The number of nitrogens with one attached hydrogen (secondary N) is 2. The zero-order chi connectivity index (χ0) is 24.5. The van der Waals surface area contributed by atoms with Crippen molar-refractivity contribution in [3.63, 3.8) is 0 Å². The first-order valence-electron chi connectivity index (χ1n) is 11.4. The third-order valence-electron chi connectivity index (χ3n) is 5.52. The summed E-state index contributed by atoms with van der Waals surface area (Å²) in [5.41, 5.74) is 1.87. The highest BCUT2D eigenvalue weighted by atomic mass is 16.6. The van der Waals surface area contributed by atoms with Crippen LogP contribution >= 0.6 is 0 Å². The predicted molar refractivity (Wildman–Crippen MR) is 132 cm³/mol. The van der Waals surface area contributed by atoms with Gasteiger partial charge in [-0.1, -0.05) is 48.5 Å². The average molecular weight is 474 g/mol. The molecule has 1 heterocycles. The molecule has 1 aliphatic rings. The number of amides is 2. The average Bonchev–Trinajstić information content (AvgIpc) is 2.89. The number of carbonyl (C=O) groups is 3. The van der Waals surface area contributed by atoms with Gasteiger partial charge in [0.1, 0.15) is 25.0 Å². The van der Waals surface area contributed by atoms with Gasteiger partial charge in [0.2, 0.25) is 5.91 Å². The van der Waals surface area contributed by atoms with Crippen LogP contribution in [0.4, 0.5) is 11.4 Å². The van der Waals surface area contributed by atoms with Gasteiger partial charge in [0.25, 0.3) is 5.91 Å². The van der Waals surface area contributed by atoms with Crippen LogP contribution in [0.1, 0.15) is 16.8 Å². The Morgan fingerprint density at radius 2 is 1.60 bits per heavy atom. The van der Waals surface area contributed by atoms with E-state index >= 15 is 0 Å².